The van der Waals surface area contributed by atoms with E-state index in [0.29, 0.717) is 30.2 Å². The average molecular weight is 417 g/mol. The van der Waals surface area contributed by atoms with Crippen LogP contribution in [-0.2, 0) is 11.3 Å². The van der Waals surface area contributed by atoms with Gasteiger partial charge in [0.1, 0.15) is 0 Å². The molecule has 3 rings (SSSR count). The van der Waals surface area contributed by atoms with E-state index in [9.17, 15) is 9.59 Å². The molecule has 1 aromatic heterocycles. The third-order valence-electron chi connectivity index (χ3n) is 4.87. The molecule has 2 heterocycles. The zero-order chi connectivity index (χ0) is 20.6. The maximum absolute atomic E-state index is 12.8. The van der Waals surface area contributed by atoms with Gasteiger partial charge in [-0.05, 0) is 55.8 Å². The van der Waals surface area contributed by atoms with Crippen molar-refractivity contribution in [3.63, 3.8) is 0 Å². The van der Waals surface area contributed by atoms with Crippen LogP contribution in [0.4, 0.5) is 0 Å². The first-order valence-electron chi connectivity index (χ1n) is 10.0. The number of carbonyl (C=O) groups is 2. The number of carbonyl (C=O) groups excluding carboxylic acids is 2. The second-order valence-electron chi connectivity index (χ2n) is 7.07. The Morgan fingerprint density at radius 3 is 2.59 bits per heavy atom. The summed E-state index contributed by atoms with van der Waals surface area (Å²) >= 11 is 1.62. The van der Waals surface area contributed by atoms with Gasteiger partial charge in [0, 0.05) is 30.6 Å². The lowest BCUT2D eigenvalue weighted by molar-refractivity contribution is -0.134. The molecule has 1 saturated heterocycles. The Hall–Kier alpha value is -2.54. The van der Waals surface area contributed by atoms with E-state index in [-0.39, 0.29) is 18.4 Å². The second kappa shape index (κ2) is 10.3. The topological polar surface area (TPSA) is 59.1 Å². The molecule has 156 valence electrons. The Morgan fingerprint density at radius 1 is 1.10 bits per heavy atom. The van der Waals surface area contributed by atoms with Gasteiger partial charge in [-0.25, -0.2) is 0 Å². The summed E-state index contributed by atoms with van der Waals surface area (Å²) in [5.74, 6) is 0.863. The highest BCUT2D eigenvalue weighted by Crippen LogP contribution is 2.29. The molecule has 0 radical (unpaired) electrons. The summed E-state index contributed by atoms with van der Waals surface area (Å²) in [4.78, 5) is 29.8. The SMILES string of the molecule is CCOc1cc(C(=O)N(C)Cc2cccs2)ccc1OCC(=O)N1CCCCC1. The number of likely N-dealkylation sites (tertiary alicyclic amines) is 1. The molecule has 2 amide bonds. The van der Waals surface area contributed by atoms with E-state index in [2.05, 4.69) is 0 Å². The Kier molecular flexibility index (Phi) is 7.52. The molecule has 6 nitrogen and oxygen atoms in total. The maximum Gasteiger partial charge on any atom is 0.260 e. The lowest BCUT2D eigenvalue weighted by Crippen LogP contribution is -2.38. The van der Waals surface area contributed by atoms with E-state index < -0.39 is 0 Å². The van der Waals surface area contributed by atoms with Crippen molar-refractivity contribution in [1.82, 2.24) is 9.80 Å². The number of benzene rings is 1. The van der Waals surface area contributed by atoms with Gasteiger partial charge < -0.3 is 19.3 Å². The number of amides is 2. The average Bonchev–Trinajstić information content (AvgIpc) is 3.26. The summed E-state index contributed by atoms with van der Waals surface area (Å²) in [6, 6.07) is 9.10. The Balaban J connectivity index is 1.65. The number of piperidine rings is 1. The molecule has 1 aliphatic rings. The number of nitrogens with zero attached hydrogens (tertiary/aromatic N) is 2. The zero-order valence-electron chi connectivity index (χ0n) is 17.1. The van der Waals surface area contributed by atoms with Crippen molar-refractivity contribution in [2.75, 3.05) is 33.4 Å². The molecule has 1 aromatic carbocycles. The van der Waals surface area contributed by atoms with Crippen LogP contribution in [0, 0.1) is 0 Å². The lowest BCUT2D eigenvalue weighted by Gasteiger charge is -2.26. The monoisotopic (exact) mass is 416 g/mol. The third-order valence-corrected chi connectivity index (χ3v) is 5.73. The van der Waals surface area contributed by atoms with Crippen LogP contribution in [-0.4, -0.2) is 55.0 Å². The summed E-state index contributed by atoms with van der Waals surface area (Å²) in [5, 5.41) is 2.00. The van der Waals surface area contributed by atoms with E-state index in [1.165, 1.54) is 6.42 Å². The fourth-order valence-electron chi connectivity index (χ4n) is 3.33. The maximum atomic E-state index is 12.8. The van der Waals surface area contributed by atoms with Gasteiger partial charge in [-0.2, -0.15) is 0 Å². The Labute approximate surface area is 176 Å². The highest BCUT2D eigenvalue weighted by Gasteiger charge is 2.19. The van der Waals surface area contributed by atoms with Gasteiger partial charge in [0.25, 0.3) is 11.8 Å². The van der Waals surface area contributed by atoms with Crippen LogP contribution in [0.3, 0.4) is 0 Å². The van der Waals surface area contributed by atoms with Crippen molar-refractivity contribution < 1.29 is 19.1 Å². The molecule has 0 unspecified atom stereocenters. The van der Waals surface area contributed by atoms with Crippen molar-refractivity contribution >= 4 is 23.2 Å². The Morgan fingerprint density at radius 2 is 1.90 bits per heavy atom. The van der Waals surface area contributed by atoms with Crippen molar-refractivity contribution in [2.45, 2.75) is 32.7 Å². The zero-order valence-corrected chi connectivity index (χ0v) is 17.9. The van der Waals surface area contributed by atoms with Crippen LogP contribution in [0.15, 0.2) is 35.7 Å². The van der Waals surface area contributed by atoms with Crippen LogP contribution in [0.5, 0.6) is 11.5 Å². The molecule has 0 bridgehead atoms. The molecule has 2 aromatic rings. The number of ether oxygens (including phenoxy) is 2. The highest BCUT2D eigenvalue weighted by molar-refractivity contribution is 7.09. The Bertz CT molecular complexity index is 816. The van der Waals surface area contributed by atoms with E-state index in [0.717, 1.165) is 30.8 Å². The first kappa shape index (κ1) is 21.2. The summed E-state index contributed by atoms with van der Waals surface area (Å²) in [6.07, 6.45) is 3.27. The molecule has 29 heavy (non-hydrogen) atoms. The third kappa shape index (κ3) is 5.73. The van der Waals surface area contributed by atoms with Gasteiger partial charge in [-0.1, -0.05) is 6.07 Å². The van der Waals surface area contributed by atoms with Crippen molar-refractivity contribution in [1.29, 1.82) is 0 Å². The quantitative estimate of drug-likeness (QED) is 0.657. The predicted molar refractivity (Wildman–Crippen MR) is 114 cm³/mol. The van der Waals surface area contributed by atoms with Gasteiger partial charge in [-0.3, -0.25) is 9.59 Å². The number of hydrogen-bond donors (Lipinski definition) is 0. The minimum absolute atomic E-state index is 0.0111. The summed E-state index contributed by atoms with van der Waals surface area (Å²) in [7, 11) is 1.78. The van der Waals surface area contributed by atoms with Gasteiger partial charge in [0.2, 0.25) is 0 Å². The first-order chi connectivity index (χ1) is 14.1. The van der Waals surface area contributed by atoms with E-state index in [1.807, 2.05) is 29.3 Å². The van der Waals surface area contributed by atoms with Gasteiger partial charge in [0.15, 0.2) is 18.1 Å². The van der Waals surface area contributed by atoms with Crippen LogP contribution >= 0.6 is 11.3 Å². The molecule has 0 saturated carbocycles. The number of hydrogen-bond acceptors (Lipinski definition) is 5. The summed E-state index contributed by atoms with van der Waals surface area (Å²) in [6.45, 7) is 4.45. The molecular weight excluding hydrogens is 388 g/mol. The van der Waals surface area contributed by atoms with Crippen LogP contribution < -0.4 is 9.47 Å². The van der Waals surface area contributed by atoms with Crippen LogP contribution in [0.2, 0.25) is 0 Å². The first-order valence-corrected chi connectivity index (χ1v) is 10.9. The van der Waals surface area contributed by atoms with Crippen molar-refractivity contribution in [3.05, 3.63) is 46.2 Å². The fraction of sp³-hybridized carbons (Fsp3) is 0.455. The largest absolute Gasteiger partial charge is 0.490 e. The standard InChI is InChI=1S/C22H28N2O4S/c1-3-27-20-14-17(22(26)23(2)15-18-8-7-13-29-18)9-10-19(20)28-16-21(25)24-11-5-4-6-12-24/h7-10,13-14H,3-6,11-12,15-16H2,1-2H3. The lowest BCUT2D eigenvalue weighted by atomic mass is 10.1. The van der Waals surface area contributed by atoms with E-state index in [1.54, 1.807) is 41.5 Å². The highest BCUT2D eigenvalue weighted by atomic mass is 32.1. The predicted octanol–water partition coefficient (Wildman–Crippen LogP) is 3.81. The van der Waals surface area contributed by atoms with Gasteiger partial charge in [0.05, 0.1) is 13.2 Å². The minimum Gasteiger partial charge on any atom is -0.490 e. The molecule has 1 aliphatic heterocycles. The van der Waals surface area contributed by atoms with E-state index in [4.69, 9.17) is 9.47 Å². The number of thiophene rings is 1. The normalized spacial score (nSPS) is 13.8. The van der Waals surface area contributed by atoms with E-state index >= 15 is 0 Å². The van der Waals surface area contributed by atoms with Gasteiger partial charge in [-0.15, -0.1) is 11.3 Å². The molecule has 1 fully saturated rings. The summed E-state index contributed by atoms with van der Waals surface area (Å²) in [5.41, 5.74) is 0.530. The molecule has 0 aliphatic carbocycles. The second-order valence-corrected chi connectivity index (χ2v) is 8.10. The summed E-state index contributed by atoms with van der Waals surface area (Å²) < 4.78 is 11.4. The van der Waals surface area contributed by atoms with Crippen LogP contribution in [0.1, 0.15) is 41.4 Å². The minimum atomic E-state index is -0.0877. The smallest absolute Gasteiger partial charge is 0.260 e. The molecule has 0 atom stereocenters. The molecule has 0 spiro atoms. The van der Waals surface area contributed by atoms with Crippen LogP contribution in [0.25, 0.3) is 0 Å². The van der Waals surface area contributed by atoms with Gasteiger partial charge >= 0.3 is 0 Å². The van der Waals surface area contributed by atoms with Crippen molar-refractivity contribution in [2.24, 2.45) is 0 Å². The molecular formula is C22H28N2O4S. The number of rotatable bonds is 8. The molecule has 7 heteroatoms. The van der Waals surface area contributed by atoms with Crippen molar-refractivity contribution in [3.8, 4) is 11.5 Å². The fourth-order valence-corrected chi connectivity index (χ4v) is 4.09. The molecule has 0 N–H and O–H groups in total.